The van der Waals surface area contributed by atoms with Gasteiger partial charge in [0.15, 0.2) is 0 Å². The number of nitrogens with zero attached hydrogens (tertiary/aromatic N) is 1. The van der Waals surface area contributed by atoms with Crippen molar-refractivity contribution in [3.05, 3.63) is 77.3 Å². The fraction of sp³-hybridized carbons (Fsp3) is 0.321. The van der Waals surface area contributed by atoms with Crippen LogP contribution in [0.5, 0.6) is 5.75 Å². The van der Waals surface area contributed by atoms with Crippen LogP contribution in [0.2, 0.25) is 5.02 Å². The Balaban J connectivity index is 1.63. The second-order valence-corrected chi connectivity index (χ2v) is 12.0. The summed E-state index contributed by atoms with van der Waals surface area (Å²) in [7, 11) is -4.54. The Morgan fingerprint density at radius 1 is 0.975 bits per heavy atom. The average molecular weight is 596 g/mol. The SMILES string of the molecule is O=C(O)C1CCOCC[C@H]1[C@H]1CN(S(=O)(=O)c2cccc(C(F)(F)F)c2)c2cc(-c3cccc(Cl)c3)ccc2O1. The van der Waals surface area contributed by atoms with E-state index < -0.39 is 50.6 Å². The van der Waals surface area contributed by atoms with Crippen LogP contribution in [0.3, 0.4) is 0 Å². The van der Waals surface area contributed by atoms with Crippen LogP contribution < -0.4 is 9.04 Å². The van der Waals surface area contributed by atoms with E-state index in [2.05, 4.69) is 0 Å². The number of carbonyl (C=O) groups is 1. The highest BCUT2D eigenvalue weighted by molar-refractivity contribution is 7.92. The zero-order chi connectivity index (χ0) is 28.7. The van der Waals surface area contributed by atoms with Crippen LogP contribution in [-0.4, -0.2) is 45.4 Å². The number of carboxylic acid groups (broad SMARTS) is 1. The van der Waals surface area contributed by atoms with Gasteiger partial charge in [0, 0.05) is 24.2 Å². The molecule has 5 rings (SSSR count). The number of hydrogen-bond acceptors (Lipinski definition) is 5. The van der Waals surface area contributed by atoms with Crippen LogP contribution in [0.25, 0.3) is 11.1 Å². The molecule has 0 aromatic heterocycles. The number of rotatable bonds is 5. The third-order valence-electron chi connectivity index (χ3n) is 7.24. The Morgan fingerprint density at radius 3 is 2.42 bits per heavy atom. The summed E-state index contributed by atoms with van der Waals surface area (Å²) in [4.78, 5) is 11.6. The fourth-order valence-corrected chi connectivity index (χ4v) is 6.95. The number of benzene rings is 3. The molecule has 2 aliphatic rings. The number of carboxylic acids is 1. The van der Waals surface area contributed by atoms with Crippen LogP contribution in [0.15, 0.2) is 71.6 Å². The molecule has 0 spiro atoms. The largest absolute Gasteiger partial charge is 0.486 e. The van der Waals surface area contributed by atoms with Crippen LogP contribution in [0, 0.1) is 11.8 Å². The molecular weight excluding hydrogens is 571 g/mol. The number of ether oxygens (including phenoxy) is 2. The lowest BCUT2D eigenvalue weighted by Crippen LogP contribution is -2.49. The van der Waals surface area contributed by atoms with E-state index in [9.17, 15) is 31.5 Å². The molecule has 2 aliphatic heterocycles. The number of alkyl halides is 3. The minimum atomic E-state index is -4.74. The molecule has 7 nitrogen and oxygen atoms in total. The molecule has 0 radical (unpaired) electrons. The maximum atomic E-state index is 14.0. The Kier molecular flexibility index (Phi) is 7.73. The van der Waals surface area contributed by atoms with E-state index >= 15 is 0 Å². The summed E-state index contributed by atoms with van der Waals surface area (Å²) in [5, 5.41) is 10.4. The molecular formula is C28H25ClF3NO6S. The van der Waals surface area contributed by atoms with Gasteiger partial charge in [-0.2, -0.15) is 13.2 Å². The topological polar surface area (TPSA) is 93.1 Å². The van der Waals surface area contributed by atoms with Crippen molar-refractivity contribution >= 4 is 33.3 Å². The maximum Gasteiger partial charge on any atom is 0.416 e. The first-order chi connectivity index (χ1) is 18.9. The predicted octanol–water partition coefficient (Wildman–Crippen LogP) is 6.11. The van der Waals surface area contributed by atoms with E-state index in [4.69, 9.17) is 21.1 Å². The summed E-state index contributed by atoms with van der Waals surface area (Å²) in [5.41, 5.74) is 0.334. The lowest BCUT2D eigenvalue weighted by Gasteiger charge is -2.40. The molecule has 1 unspecified atom stereocenters. The Hall–Kier alpha value is -3.28. The van der Waals surface area contributed by atoms with Crippen LogP contribution in [0.1, 0.15) is 18.4 Å². The van der Waals surface area contributed by atoms with Crippen molar-refractivity contribution in [3.8, 4) is 16.9 Å². The van der Waals surface area contributed by atoms with Crippen molar-refractivity contribution in [1.82, 2.24) is 0 Å². The first-order valence-corrected chi connectivity index (χ1v) is 14.3. The summed E-state index contributed by atoms with van der Waals surface area (Å²) in [5.74, 6) is -2.32. The normalized spacial score (nSPS) is 21.7. The molecule has 1 saturated heterocycles. The second-order valence-electron chi connectivity index (χ2n) is 9.71. The van der Waals surface area contributed by atoms with Crippen molar-refractivity contribution in [2.45, 2.75) is 30.0 Å². The van der Waals surface area contributed by atoms with Gasteiger partial charge in [-0.15, -0.1) is 0 Å². The van der Waals surface area contributed by atoms with Gasteiger partial charge in [-0.25, -0.2) is 8.42 Å². The third-order valence-corrected chi connectivity index (χ3v) is 9.25. The van der Waals surface area contributed by atoms with Gasteiger partial charge in [-0.05, 0) is 66.4 Å². The lowest BCUT2D eigenvalue weighted by molar-refractivity contribution is -0.145. The van der Waals surface area contributed by atoms with Crippen molar-refractivity contribution in [1.29, 1.82) is 0 Å². The Morgan fingerprint density at radius 2 is 1.70 bits per heavy atom. The zero-order valence-electron chi connectivity index (χ0n) is 21.0. The number of hydrogen-bond donors (Lipinski definition) is 1. The molecule has 3 atom stereocenters. The number of sulfonamides is 1. The molecule has 0 aliphatic carbocycles. The van der Waals surface area contributed by atoms with E-state index in [-0.39, 0.29) is 37.6 Å². The van der Waals surface area contributed by atoms with Gasteiger partial charge in [0.25, 0.3) is 10.0 Å². The van der Waals surface area contributed by atoms with Crippen LogP contribution >= 0.6 is 11.6 Å². The first kappa shape index (κ1) is 28.3. The summed E-state index contributed by atoms with van der Waals surface area (Å²) >= 11 is 6.15. The summed E-state index contributed by atoms with van der Waals surface area (Å²) in [6.45, 7) is 0.223. The van der Waals surface area contributed by atoms with Crippen LogP contribution in [-0.2, 0) is 25.7 Å². The number of halogens is 4. The molecule has 1 fully saturated rings. The average Bonchev–Trinajstić information content (AvgIpc) is 3.18. The van der Waals surface area contributed by atoms with Gasteiger partial charge in [-0.1, -0.05) is 35.9 Å². The van der Waals surface area contributed by atoms with Crippen molar-refractivity contribution in [3.63, 3.8) is 0 Å². The standard InChI is InChI=1S/C28H25ClF3NO6S/c29-20-5-1-3-17(13-20)18-7-8-25-24(14-18)33(40(36,37)21-6-2-4-19(15-21)28(30,31)32)16-26(39-25)22-9-11-38-12-10-23(22)27(34)35/h1-8,13-15,22-23,26H,9-12,16H2,(H,34,35)/t22-,23?,26-/m1/s1. The molecule has 2 heterocycles. The minimum absolute atomic E-state index is 0.128. The third kappa shape index (κ3) is 5.63. The fourth-order valence-electron chi connectivity index (χ4n) is 5.23. The highest BCUT2D eigenvalue weighted by Crippen LogP contribution is 2.43. The van der Waals surface area contributed by atoms with Gasteiger partial charge < -0.3 is 14.6 Å². The van der Waals surface area contributed by atoms with Crippen molar-refractivity contribution in [2.75, 3.05) is 24.1 Å². The number of fused-ring (bicyclic) bond motifs is 1. The molecule has 3 aromatic rings. The van der Waals surface area contributed by atoms with E-state index in [1.807, 2.05) is 0 Å². The molecule has 1 N–H and O–H groups in total. The predicted molar refractivity (Wildman–Crippen MR) is 142 cm³/mol. The molecule has 0 saturated carbocycles. The minimum Gasteiger partial charge on any atom is -0.486 e. The highest BCUT2D eigenvalue weighted by atomic mass is 35.5. The zero-order valence-corrected chi connectivity index (χ0v) is 22.5. The summed E-state index contributed by atoms with van der Waals surface area (Å²) in [6.07, 6.45) is -5.09. The number of aliphatic carboxylic acids is 1. The molecule has 40 heavy (non-hydrogen) atoms. The number of anilines is 1. The monoisotopic (exact) mass is 595 g/mol. The molecule has 12 heteroatoms. The molecule has 0 bridgehead atoms. The quantitative estimate of drug-likeness (QED) is 0.383. The highest BCUT2D eigenvalue weighted by Gasteiger charge is 2.43. The Bertz CT molecular complexity index is 1530. The van der Waals surface area contributed by atoms with E-state index in [0.717, 1.165) is 22.5 Å². The van der Waals surface area contributed by atoms with Gasteiger partial charge in [0.05, 0.1) is 28.6 Å². The Labute approximate surface area is 234 Å². The van der Waals surface area contributed by atoms with Gasteiger partial charge in [0.2, 0.25) is 0 Å². The van der Waals surface area contributed by atoms with Gasteiger partial charge in [-0.3, -0.25) is 9.10 Å². The van der Waals surface area contributed by atoms with E-state index in [0.29, 0.717) is 28.6 Å². The first-order valence-electron chi connectivity index (χ1n) is 12.5. The van der Waals surface area contributed by atoms with Crippen molar-refractivity contribution < 1.29 is 41.0 Å². The second kappa shape index (κ2) is 10.9. The smallest absolute Gasteiger partial charge is 0.416 e. The van der Waals surface area contributed by atoms with E-state index in [1.165, 1.54) is 0 Å². The molecule has 0 amide bonds. The lowest BCUT2D eigenvalue weighted by atomic mass is 9.83. The van der Waals surface area contributed by atoms with Gasteiger partial charge >= 0.3 is 12.1 Å². The van der Waals surface area contributed by atoms with E-state index in [1.54, 1.807) is 42.5 Å². The molecule has 3 aromatic carbocycles. The van der Waals surface area contributed by atoms with Crippen LogP contribution in [0.4, 0.5) is 18.9 Å². The van der Waals surface area contributed by atoms with Gasteiger partial charge in [0.1, 0.15) is 11.9 Å². The maximum absolute atomic E-state index is 14.0. The van der Waals surface area contributed by atoms with Crippen molar-refractivity contribution in [2.24, 2.45) is 11.8 Å². The molecule has 212 valence electrons. The summed E-state index contributed by atoms with van der Waals surface area (Å²) in [6, 6.07) is 15.3. The summed E-state index contributed by atoms with van der Waals surface area (Å²) < 4.78 is 81.1.